The summed E-state index contributed by atoms with van der Waals surface area (Å²) < 4.78 is 0.760. The molecule has 2 aromatic rings. The first-order chi connectivity index (χ1) is 10.1. The molecule has 0 amide bonds. The first-order valence-electron chi connectivity index (χ1n) is 6.88. The summed E-state index contributed by atoms with van der Waals surface area (Å²) in [6, 6.07) is 8.08. The number of aliphatic hydroxyl groups is 1. The van der Waals surface area contributed by atoms with Gasteiger partial charge in [0.05, 0.1) is 11.1 Å². The van der Waals surface area contributed by atoms with Gasteiger partial charge in [0.1, 0.15) is 5.82 Å². The van der Waals surface area contributed by atoms with Crippen molar-refractivity contribution < 1.29 is 5.11 Å². The molecule has 0 aliphatic carbocycles. The molecule has 0 aliphatic heterocycles. The zero-order chi connectivity index (χ0) is 15.2. The fraction of sp³-hybridized carbons (Fsp3) is 0.333. The Balaban J connectivity index is 2.18. The molecule has 1 unspecified atom stereocenters. The predicted octanol–water partition coefficient (Wildman–Crippen LogP) is 3.34. The van der Waals surface area contributed by atoms with Crippen LogP contribution >= 0.6 is 15.9 Å². The van der Waals surface area contributed by atoms with E-state index in [-0.39, 0.29) is 12.6 Å². The van der Waals surface area contributed by atoms with Gasteiger partial charge in [-0.15, -0.1) is 0 Å². The topological polar surface area (TPSA) is 70.1 Å². The third-order valence-electron chi connectivity index (χ3n) is 2.99. The molecule has 0 saturated carbocycles. The van der Waals surface area contributed by atoms with E-state index in [1.807, 2.05) is 19.1 Å². The summed E-state index contributed by atoms with van der Waals surface area (Å²) in [5.41, 5.74) is 2.21. The quantitative estimate of drug-likeness (QED) is 0.745. The molecule has 0 fully saturated rings. The summed E-state index contributed by atoms with van der Waals surface area (Å²) in [4.78, 5) is 8.67. The second kappa shape index (κ2) is 7.38. The monoisotopic (exact) mass is 350 g/mol. The van der Waals surface area contributed by atoms with Gasteiger partial charge in [-0.25, -0.2) is 4.98 Å². The lowest BCUT2D eigenvalue weighted by atomic mass is 10.1. The first-order valence-corrected chi connectivity index (χ1v) is 7.67. The molecule has 21 heavy (non-hydrogen) atoms. The second-order valence-corrected chi connectivity index (χ2v) is 5.65. The van der Waals surface area contributed by atoms with Crippen molar-refractivity contribution in [3.8, 4) is 0 Å². The van der Waals surface area contributed by atoms with Crippen LogP contribution in [0.1, 0.15) is 19.4 Å². The number of nitrogens with one attached hydrogen (secondary N) is 2. The lowest BCUT2D eigenvalue weighted by Gasteiger charge is -2.14. The number of aliphatic hydroxyl groups excluding tert-OH is 1. The average molecular weight is 351 g/mol. The number of aryl methyl sites for hydroxylation is 1. The molecule has 3 N–H and O–H groups in total. The molecule has 1 heterocycles. The summed E-state index contributed by atoms with van der Waals surface area (Å²) in [5.74, 6) is 1.17. The summed E-state index contributed by atoms with van der Waals surface area (Å²) in [7, 11) is 0. The third-order valence-corrected chi connectivity index (χ3v) is 3.57. The van der Waals surface area contributed by atoms with Gasteiger partial charge in [-0.1, -0.05) is 19.1 Å². The van der Waals surface area contributed by atoms with E-state index in [1.165, 1.54) is 5.56 Å². The number of hydrogen-bond donors (Lipinski definition) is 3. The fourth-order valence-corrected chi connectivity index (χ4v) is 2.11. The minimum Gasteiger partial charge on any atom is -0.394 e. The highest BCUT2D eigenvalue weighted by Crippen LogP contribution is 2.23. The molecule has 0 spiro atoms. The maximum atomic E-state index is 9.11. The van der Waals surface area contributed by atoms with Gasteiger partial charge >= 0.3 is 0 Å². The molecule has 1 atom stereocenters. The molecule has 1 aromatic heterocycles. The minimum atomic E-state index is -0.0764. The van der Waals surface area contributed by atoms with Gasteiger partial charge in [0, 0.05) is 17.9 Å². The van der Waals surface area contributed by atoms with E-state index in [0.29, 0.717) is 11.8 Å². The van der Waals surface area contributed by atoms with Crippen LogP contribution in [0.5, 0.6) is 0 Å². The summed E-state index contributed by atoms with van der Waals surface area (Å²) in [6.07, 6.45) is 2.67. The first kappa shape index (κ1) is 15.7. The van der Waals surface area contributed by atoms with Crippen LogP contribution in [0.4, 0.5) is 17.5 Å². The van der Waals surface area contributed by atoms with Gasteiger partial charge in [0.15, 0.2) is 0 Å². The molecular weight excluding hydrogens is 332 g/mol. The number of aromatic nitrogens is 2. The Hall–Kier alpha value is -1.66. The van der Waals surface area contributed by atoms with E-state index >= 15 is 0 Å². The largest absolute Gasteiger partial charge is 0.394 e. The highest BCUT2D eigenvalue weighted by molar-refractivity contribution is 9.10. The SMILES string of the molecule is CCc1cccc(Nc2ncc(Br)c(NC(C)CO)n2)c1. The van der Waals surface area contributed by atoms with Crippen molar-refractivity contribution in [1.29, 1.82) is 0 Å². The maximum Gasteiger partial charge on any atom is 0.229 e. The molecule has 1 aromatic carbocycles. The van der Waals surface area contributed by atoms with E-state index in [1.54, 1.807) is 6.20 Å². The molecule has 112 valence electrons. The number of nitrogens with zero attached hydrogens (tertiary/aromatic N) is 2. The number of hydrogen-bond acceptors (Lipinski definition) is 5. The zero-order valence-corrected chi connectivity index (χ0v) is 13.7. The van der Waals surface area contributed by atoms with Gasteiger partial charge in [-0.05, 0) is 47.0 Å². The smallest absolute Gasteiger partial charge is 0.229 e. The van der Waals surface area contributed by atoms with E-state index < -0.39 is 0 Å². The number of anilines is 3. The van der Waals surface area contributed by atoms with Crippen LogP contribution in [0, 0.1) is 0 Å². The fourth-order valence-electron chi connectivity index (χ4n) is 1.81. The zero-order valence-electron chi connectivity index (χ0n) is 12.1. The number of halogens is 1. The molecule has 2 rings (SSSR count). The van der Waals surface area contributed by atoms with E-state index in [0.717, 1.165) is 16.6 Å². The van der Waals surface area contributed by atoms with E-state index in [4.69, 9.17) is 5.11 Å². The normalized spacial score (nSPS) is 12.0. The van der Waals surface area contributed by atoms with E-state index in [9.17, 15) is 0 Å². The number of rotatable bonds is 6. The Morgan fingerprint density at radius 2 is 2.19 bits per heavy atom. The number of benzene rings is 1. The highest BCUT2D eigenvalue weighted by Gasteiger charge is 2.08. The Labute approximate surface area is 133 Å². The van der Waals surface area contributed by atoms with Crippen molar-refractivity contribution in [3.05, 3.63) is 40.5 Å². The maximum absolute atomic E-state index is 9.11. The Bertz CT molecular complexity index is 606. The van der Waals surface area contributed by atoms with Gasteiger partial charge in [-0.3, -0.25) is 0 Å². The lowest BCUT2D eigenvalue weighted by Crippen LogP contribution is -2.20. The van der Waals surface area contributed by atoms with Crippen molar-refractivity contribution in [2.45, 2.75) is 26.3 Å². The third kappa shape index (κ3) is 4.41. The summed E-state index contributed by atoms with van der Waals surface area (Å²) in [6.45, 7) is 4.04. The van der Waals surface area contributed by atoms with Gasteiger partial charge in [0.2, 0.25) is 5.95 Å². The van der Waals surface area contributed by atoms with Crippen LogP contribution in [0.15, 0.2) is 34.9 Å². The molecule has 0 aliphatic rings. The summed E-state index contributed by atoms with van der Waals surface area (Å²) >= 11 is 3.40. The van der Waals surface area contributed by atoms with Crippen molar-refractivity contribution in [3.63, 3.8) is 0 Å². The predicted molar refractivity (Wildman–Crippen MR) is 89.0 cm³/mol. The average Bonchev–Trinajstić information content (AvgIpc) is 2.50. The van der Waals surface area contributed by atoms with Crippen LogP contribution in [0.3, 0.4) is 0 Å². The molecule has 0 radical (unpaired) electrons. The van der Waals surface area contributed by atoms with Crippen LogP contribution in [-0.2, 0) is 6.42 Å². The second-order valence-electron chi connectivity index (χ2n) is 4.80. The van der Waals surface area contributed by atoms with Crippen LogP contribution in [0.2, 0.25) is 0 Å². The molecule has 5 nitrogen and oxygen atoms in total. The van der Waals surface area contributed by atoms with Crippen LogP contribution < -0.4 is 10.6 Å². The standard InChI is InChI=1S/C15H19BrN4O/c1-3-11-5-4-6-12(7-11)19-15-17-8-13(16)14(20-15)18-10(2)9-21/h4-8,10,21H,3,9H2,1-2H3,(H2,17,18,19,20). The Kier molecular flexibility index (Phi) is 5.52. The van der Waals surface area contributed by atoms with Crippen LogP contribution in [-0.4, -0.2) is 27.7 Å². The van der Waals surface area contributed by atoms with Crippen molar-refractivity contribution in [1.82, 2.24) is 9.97 Å². The lowest BCUT2D eigenvalue weighted by molar-refractivity contribution is 0.281. The minimum absolute atomic E-state index is 0.0394. The summed E-state index contributed by atoms with van der Waals surface area (Å²) in [5, 5.41) is 15.4. The van der Waals surface area contributed by atoms with E-state index in [2.05, 4.69) is 55.6 Å². The van der Waals surface area contributed by atoms with Gasteiger partial charge in [-0.2, -0.15) is 4.98 Å². The van der Waals surface area contributed by atoms with Gasteiger partial charge in [0.25, 0.3) is 0 Å². The highest BCUT2D eigenvalue weighted by atomic mass is 79.9. The molecular formula is C15H19BrN4O. The Morgan fingerprint density at radius 1 is 1.38 bits per heavy atom. The van der Waals surface area contributed by atoms with Crippen molar-refractivity contribution in [2.24, 2.45) is 0 Å². The van der Waals surface area contributed by atoms with Crippen LogP contribution in [0.25, 0.3) is 0 Å². The van der Waals surface area contributed by atoms with Crippen molar-refractivity contribution in [2.75, 3.05) is 17.2 Å². The van der Waals surface area contributed by atoms with Gasteiger partial charge < -0.3 is 15.7 Å². The van der Waals surface area contributed by atoms with Crippen molar-refractivity contribution >= 4 is 33.4 Å². The molecule has 0 bridgehead atoms. The molecule has 6 heteroatoms. The molecule has 0 saturated heterocycles. The Morgan fingerprint density at radius 3 is 2.90 bits per heavy atom.